The van der Waals surface area contributed by atoms with E-state index in [9.17, 15) is 9.59 Å². The number of methoxy groups -OCH3 is 1. The highest BCUT2D eigenvalue weighted by Gasteiger charge is 2.26. The lowest BCUT2D eigenvalue weighted by Crippen LogP contribution is -2.47. The lowest BCUT2D eigenvalue weighted by atomic mass is 10.1. The van der Waals surface area contributed by atoms with Gasteiger partial charge in [-0.2, -0.15) is 0 Å². The number of nitrogens with zero attached hydrogens (tertiary/aromatic N) is 3. The van der Waals surface area contributed by atoms with Crippen LogP contribution < -0.4 is 26.3 Å². The van der Waals surface area contributed by atoms with E-state index in [1.54, 1.807) is 35.4 Å². The predicted octanol–water partition coefficient (Wildman–Crippen LogP) is 2.52. The van der Waals surface area contributed by atoms with Crippen LogP contribution in [0.1, 0.15) is 44.3 Å². The van der Waals surface area contributed by atoms with Gasteiger partial charge in [-0.05, 0) is 50.1 Å². The molecule has 2 aromatic heterocycles. The molecule has 0 atom stereocenters. The summed E-state index contributed by atoms with van der Waals surface area (Å²) in [5.41, 5.74) is 0.396. The van der Waals surface area contributed by atoms with Gasteiger partial charge < -0.3 is 9.30 Å². The van der Waals surface area contributed by atoms with Gasteiger partial charge in [0, 0.05) is 23.5 Å². The number of aryl methyl sites for hydroxylation is 1. The molecule has 0 spiro atoms. The summed E-state index contributed by atoms with van der Waals surface area (Å²) in [5.74, 6) is 1.59. The maximum absolute atomic E-state index is 13.8. The second-order valence-corrected chi connectivity index (χ2v) is 7.93. The van der Waals surface area contributed by atoms with Crippen molar-refractivity contribution >= 4 is 23.7 Å². The van der Waals surface area contributed by atoms with Crippen molar-refractivity contribution in [1.29, 1.82) is 0 Å². The van der Waals surface area contributed by atoms with E-state index in [1.807, 2.05) is 37.3 Å². The summed E-state index contributed by atoms with van der Waals surface area (Å²) in [7, 11) is 3.41. The molecule has 0 unspecified atom stereocenters. The summed E-state index contributed by atoms with van der Waals surface area (Å²) in [6.45, 7) is 5.95. The molecule has 160 valence electrons. The van der Waals surface area contributed by atoms with E-state index < -0.39 is 0 Å². The van der Waals surface area contributed by atoms with Crippen LogP contribution in [0.15, 0.2) is 46.0 Å². The smallest absolute Gasteiger partial charge is 0.271 e. The number of fused-ring (bicyclic) bond motifs is 1. The molecule has 6 nitrogen and oxygen atoms in total. The van der Waals surface area contributed by atoms with E-state index in [0.717, 1.165) is 25.7 Å². The number of aromatic nitrogens is 3. The van der Waals surface area contributed by atoms with Crippen LogP contribution in [0.2, 0.25) is 0 Å². The highest BCUT2D eigenvalue weighted by molar-refractivity contribution is 5.75. The molecule has 2 heterocycles. The Morgan fingerprint density at radius 3 is 2.45 bits per heavy atom. The predicted molar refractivity (Wildman–Crippen MR) is 124 cm³/mol. The first kappa shape index (κ1) is 20.8. The normalized spacial score (nSPS) is 15.4. The maximum atomic E-state index is 13.8. The molecule has 0 aliphatic heterocycles. The average molecular weight is 418 g/mol. The summed E-state index contributed by atoms with van der Waals surface area (Å²) < 4.78 is 8.63. The number of allylic oxidation sites excluding steroid dienone is 2. The van der Waals surface area contributed by atoms with Crippen molar-refractivity contribution in [2.75, 3.05) is 7.11 Å². The van der Waals surface area contributed by atoms with Gasteiger partial charge in [0.1, 0.15) is 17.0 Å². The van der Waals surface area contributed by atoms with Crippen molar-refractivity contribution in [2.24, 2.45) is 7.05 Å². The Bertz CT molecular complexity index is 1390. The fraction of sp³-hybridized carbons (Fsp3) is 0.320. The summed E-state index contributed by atoms with van der Waals surface area (Å²) in [5, 5.41) is 1.03. The van der Waals surface area contributed by atoms with Gasteiger partial charge in [0.25, 0.3) is 5.56 Å². The fourth-order valence-corrected chi connectivity index (χ4v) is 4.34. The van der Waals surface area contributed by atoms with Crippen molar-refractivity contribution in [3.63, 3.8) is 0 Å². The van der Waals surface area contributed by atoms with Crippen molar-refractivity contribution in [3.05, 3.63) is 73.4 Å². The van der Waals surface area contributed by atoms with E-state index in [0.29, 0.717) is 33.5 Å². The van der Waals surface area contributed by atoms with Crippen LogP contribution in [0.25, 0.3) is 29.4 Å². The van der Waals surface area contributed by atoms with Crippen LogP contribution >= 0.6 is 0 Å². The summed E-state index contributed by atoms with van der Waals surface area (Å²) in [6, 6.07) is 7.29. The van der Waals surface area contributed by atoms with E-state index >= 15 is 0 Å². The summed E-state index contributed by atoms with van der Waals surface area (Å²) in [4.78, 5) is 32.1. The molecule has 1 saturated carbocycles. The summed E-state index contributed by atoms with van der Waals surface area (Å²) in [6.07, 6.45) is 9.49. The van der Waals surface area contributed by atoms with Gasteiger partial charge in [0.15, 0.2) is 5.65 Å². The standard InChI is InChI=1S/C25H27N3O3/c1-5-6-11-20-16(2)27(3)24-21(22(20)29)25(30)28(18-12-14-19(31-4)15-13-18)23(26-24)17-9-7-8-10-17/h5-6,11-15,17H,2,7-10H2,1,3-4H3/b6-5-,20-11+. The van der Waals surface area contributed by atoms with Crippen LogP contribution in [-0.4, -0.2) is 21.2 Å². The summed E-state index contributed by atoms with van der Waals surface area (Å²) >= 11 is 0. The highest BCUT2D eigenvalue weighted by Crippen LogP contribution is 2.34. The Hall–Kier alpha value is -3.41. The van der Waals surface area contributed by atoms with Crippen LogP contribution in [0, 0.1) is 0 Å². The molecule has 4 rings (SSSR count). The number of rotatable bonds is 4. The van der Waals surface area contributed by atoms with Gasteiger partial charge in [-0.1, -0.05) is 31.6 Å². The number of pyridine rings is 1. The van der Waals surface area contributed by atoms with E-state index in [-0.39, 0.29) is 22.3 Å². The van der Waals surface area contributed by atoms with Gasteiger partial charge in [-0.25, -0.2) is 4.98 Å². The minimum Gasteiger partial charge on any atom is -0.497 e. The Balaban J connectivity index is 2.15. The number of benzene rings is 1. The average Bonchev–Trinajstić information content (AvgIpc) is 3.32. The molecule has 1 aliphatic rings. The molecule has 31 heavy (non-hydrogen) atoms. The number of ether oxygens (including phenoxy) is 1. The first-order chi connectivity index (χ1) is 15.0. The van der Waals surface area contributed by atoms with Gasteiger partial charge in [0.2, 0.25) is 5.43 Å². The first-order valence-corrected chi connectivity index (χ1v) is 10.6. The quantitative estimate of drug-likeness (QED) is 0.654. The van der Waals surface area contributed by atoms with Crippen molar-refractivity contribution in [3.8, 4) is 11.4 Å². The zero-order valence-corrected chi connectivity index (χ0v) is 18.2. The first-order valence-electron chi connectivity index (χ1n) is 10.6. The molecule has 0 saturated heterocycles. The number of hydrogen-bond acceptors (Lipinski definition) is 4. The molecular formula is C25H27N3O3. The van der Waals surface area contributed by atoms with Gasteiger partial charge in [-0.15, -0.1) is 0 Å². The number of hydrogen-bond donors (Lipinski definition) is 0. The fourth-order valence-electron chi connectivity index (χ4n) is 4.34. The molecule has 0 amide bonds. The molecule has 0 N–H and O–H groups in total. The molecule has 0 radical (unpaired) electrons. The van der Waals surface area contributed by atoms with Crippen molar-refractivity contribution in [2.45, 2.75) is 38.5 Å². The third-order valence-electron chi connectivity index (χ3n) is 6.10. The van der Waals surface area contributed by atoms with E-state index in [4.69, 9.17) is 9.72 Å². The molecular weight excluding hydrogens is 390 g/mol. The molecule has 0 bridgehead atoms. The van der Waals surface area contributed by atoms with Crippen LogP contribution in [0.5, 0.6) is 5.75 Å². The Morgan fingerprint density at radius 1 is 1.16 bits per heavy atom. The van der Waals surface area contributed by atoms with Crippen LogP contribution in [0.4, 0.5) is 0 Å². The molecule has 1 fully saturated rings. The Labute approximate surface area is 180 Å². The third-order valence-corrected chi connectivity index (χ3v) is 6.10. The minimum absolute atomic E-state index is 0.0863. The largest absolute Gasteiger partial charge is 0.497 e. The second-order valence-electron chi connectivity index (χ2n) is 7.93. The molecule has 1 aliphatic carbocycles. The zero-order valence-electron chi connectivity index (χ0n) is 18.2. The molecule has 3 aromatic rings. The van der Waals surface area contributed by atoms with Crippen LogP contribution in [0.3, 0.4) is 0 Å². The second kappa shape index (κ2) is 8.38. The highest BCUT2D eigenvalue weighted by atomic mass is 16.5. The van der Waals surface area contributed by atoms with Gasteiger partial charge >= 0.3 is 0 Å². The maximum Gasteiger partial charge on any atom is 0.271 e. The van der Waals surface area contributed by atoms with E-state index in [2.05, 4.69) is 6.58 Å². The SMILES string of the molecule is C=c1/c(=C\C=C/C)c(=O)c2c(=O)n(-c3ccc(OC)cc3)c(C3CCCC3)nc2n1C. The Kier molecular flexibility index (Phi) is 5.63. The topological polar surface area (TPSA) is 66.1 Å². The van der Waals surface area contributed by atoms with E-state index in [1.165, 1.54) is 0 Å². The Morgan fingerprint density at radius 2 is 1.84 bits per heavy atom. The minimum atomic E-state index is -0.340. The van der Waals surface area contributed by atoms with Crippen molar-refractivity contribution < 1.29 is 4.74 Å². The third kappa shape index (κ3) is 3.52. The molecule has 1 aromatic carbocycles. The van der Waals surface area contributed by atoms with Crippen molar-refractivity contribution in [1.82, 2.24) is 14.1 Å². The van der Waals surface area contributed by atoms with Gasteiger partial charge in [0.05, 0.1) is 12.8 Å². The molecule has 6 heteroatoms. The van der Waals surface area contributed by atoms with Crippen LogP contribution in [-0.2, 0) is 7.05 Å². The lowest BCUT2D eigenvalue weighted by molar-refractivity contribution is 0.414. The monoisotopic (exact) mass is 417 g/mol. The lowest BCUT2D eigenvalue weighted by Gasteiger charge is -2.19. The zero-order chi connectivity index (χ0) is 22.1. The van der Waals surface area contributed by atoms with Gasteiger partial charge in [-0.3, -0.25) is 14.2 Å².